The van der Waals surface area contributed by atoms with Crippen LogP contribution in [0.1, 0.15) is 28.9 Å². The first-order valence-corrected chi connectivity index (χ1v) is 8.18. The monoisotopic (exact) mass is 327 g/mol. The molecule has 7 nitrogen and oxygen atoms in total. The van der Waals surface area contributed by atoms with Crippen molar-refractivity contribution in [2.24, 2.45) is 5.92 Å². The second-order valence-corrected chi connectivity index (χ2v) is 6.05. The van der Waals surface area contributed by atoms with Crippen molar-refractivity contribution in [3.05, 3.63) is 47.8 Å². The lowest BCUT2D eigenvalue weighted by molar-refractivity contribution is -0.131. The van der Waals surface area contributed by atoms with Crippen molar-refractivity contribution in [1.29, 1.82) is 0 Å². The van der Waals surface area contributed by atoms with Gasteiger partial charge in [-0.05, 0) is 30.7 Å². The number of nitrogens with zero attached hydrogens (tertiary/aromatic N) is 3. The number of aromatic amines is 1. The highest BCUT2D eigenvalue weighted by Crippen LogP contribution is 2.21. The molecule has 2 heterocycles. The van der Waals surface area contributed by atoms with E-state index in [1.807, 2.05) is 11.0 Å². The van der Waals surface area contributed by atoms with Gasteiger partial charge in [0.15, 0.2) is 5.69 Å². The maximum Gasteiger partial charge on any atom is 0.273 e. The molecular weight excluding hydrogens is 306 g/mol. The van der Waals surface area contributed by atoms with Crippen LogP contribution in [-0.4, -0.2) is 51.8 Å². The number of aromatic nitrogens is 3. The van der Waals surface area contributed by atoms with Crippen LogP contribution in [0, 0.1) is 5.92 Å². The molecule has 1 aromatic carbocycles. The van der Waals surface area contributed by atoms with Crippen LogP contribution in [0.5, 0.6) is 0 Å². The SMILES string of the molecule is O=C(NCC(=O)N1CCC(Cc2ccccc2)CC1)c1cn[nH]n1. The van der Waals surface area contributed by atoms with Crippen LogP contribution in [0.2, 0.25) is 0 Å². The lowest BCUT2D eigenvalue weighted by atomic mass is 9.90. The first-order chi connectivity index (χ1) is 11.7. The number of amides is 2. The number of rotatable bonds is 5. The Hall–Kier alpha value is -2.70. The molecule has 0 radical (unpaired) electrons. The molecule has 1 saturated heterocycles. The molecule has 2 amide bonds. The normalized spacial score (nSPS) is 15.2. The Kier molecular flexibility index (Phi) is 5.20. The molecule has 2 aromatic rings. The van der Waals surface area contributed by atoms with Crippen molar-refractivity contribution < 1.29 is 9.59 Å². The van der Waals surface area contributed by atoms with Crippen molar-refractivity contribution in [3.63, 3.8) is 0 Å². The van der Waals surface area contributed by atoms with Crippen molar-refractivity contribution in [2.75, 3.05) is 19.6 Å². The molecule has 0 atom stereocenters. The standard InChI is InChI=1S/C17H21N5O2/c23-16(12-18-17(24)15-11-19-21-20-15)22-8-6-14(7-9-22)10-13-4-2-1-3-5-13/h1-5,11,14H,6-10,12H2,(H,18,24)(H,19,20,21). The summed E-state index contributed by atoms with van der Waals surface area (Å²) in [5, 5.41) is 12.2. The van der Waals surface area contributed by atoms with Gasteiger partial charge in [-0.25, -0.2) is 0 Å². The summed E-state index contributed by atoms with van der Waals surface area (Å²) in [4.78, 5) is 25.8. The Morgan fingerprint density at radius 3 is 2.62 bits per heavy atom. The largest absolute Gasteiger partial charge is 0.342 e. The lowest BCUT2D eigenvalue weighted by Gasteiger charge is -2.32. The van der Waals surface area contributed by atoms with E-state index in [9.17, 15) is 9.59 Å². The fraction of sp³-hybridized carbons (Fsp3) is 0.412. The van der Waals surface area contributed by atoms with Gasteiger partial charge in [-0.3, -0.25) is 9.59 Å². The third kappa shape index (κ3) is 4.18. The topological polar surface area (TPSA) is 91.0 Å². The van der Waals surface area contributed by atoms with Crippen LogP contribution < -0.4 is 5.32 Å². The van der Waals surface area contributed by atoms with Crippen LogP contribution in [-0.2, 0) is 11.2 Å². The highest BCUT2D eigenvalue weighted by atomic mass is 16.2. The maximum atomic E-state index is 12.2. The number of carbonyl (C=O) groups excluding carboxylic acids is 2. The average Bonchev–Trinajstić information content (AvgIpc) is 3.16. The smallest absolute Gasteiger partial charge is 0.273 e. The van der Waals surface area contributed by atoms with Crippen molar-refractivity contribution in [2.45, 2.75) is 19.3 Å². The minimum absolute atomic E-state index is 0.00492. The van der Waals surface area contributed by atoms with Gasteiger partial charge in [0, 0.05) is 13.1 Å². The van der Waals surface area contributed by atoms with Gasteiger partial charge in [0.2, 0.25) is 5.91 Å². The van der Waals surface area contributed by atoms with E-state index in [1.54, 1.807) is 0 Å². The summed E-state index contributed by atoms with van der Waals surface area (Å²) in [7, 11) is 0. The number of carbonyl (C=O) groups is 2. The van der Waals surface area contributed by atoms with Gasteiger partial charge in [0.1, 0.15) is 0 Å². The Morgan fingerprint density at radius 2 is 1.96 bits per heavy atom. The first-order valence-electron chi connectivity index (χ1n) is 8.18. The van der Waals surface area contributed by atoms with Gasteiger partial charge >= 0.3 is 0 Å². The second kappa shape index (κ2) is 7.72. The molecular formula is C17H21N5O2. The fourth-order valence-electron chi connectivity index (χ4n) is 3.00. The summed E-state index contributed by atoms with van der Waals surface area (Å²) in [6.45, 7) is 1.49. The molecule has 0 saturated carbocycles. The predicted molar refractivity (Wildman–Crippen MR) is 88.2 cm³/mol. The molecule has 0 aliphatic carbocycles. The molecule has 24 heavy (non-hydrogen) atoms. The summed E-state index contributed by atoms with van der Waals surface area (Å²) in [6, 6.07) is 10.4. The molecule has 1 aliphatic heterocycles. The molecule has 1 aromatic heterocycles. The number of nitrogens with one attached hydrogen (secondary N) is 2. The van der Waals surface area contributed by atoms with Gasteiger partial charge in [-0.15, -0.1) is 0 Å². The summed E-state index contributed by atoms with van der Waals surface area (Å²) in [5.74, 6) is 0.169. The van der Waals surface area contributed by atoms with Crippen molar-refractivity contribution in [3.8, 4) is 0 Å². The Morgan fingerprint density at radius 1 is 1.21 bits per heavy atom. The minimum atomic E-state index is -0.393. The summed E-state index contributed by atoms with van der Waals surface area (Å²) >= 11 is 0. The number of H-pyrrole nitrogens is 1. The van der Waals surface area contributed by atoms with Gasteiger partial charge in [-0.2, -0.15) is 15.4 Å². The first kappa shape index (κ1) is 16.2. The fourth-order valence-corrected chi connectivity index (χ4v) is 3.00. The van der Waals surface area contributed by atoms with Crippen LogP contribution in [0.4, 0.5) is 0 Å². The number of likely N-dealkylation sites (tertiary alicyclic amines) is 1. The van der Waals surface area contributed by atoms with Gasteiger partial charge < -0.3 is 10.2 Å². The Bertz CT molecular complexity index is 664. The van der Waals surface area contributed by atoms with E-state index in [2.05, 4.69) is 45.0 Å². The molecule has 1 aliphatic rings. The number of piperidine rings is 1. The molecule has 3 rings (SSSR count). The van der Waals surface area contributed by atoms with Crippen molar-refractivity contribution in [1.82, 2.24) is 25.6 Å². The summed E-state index contributed by atoms with van der Waals surface area (Å²) in [5.41, 5.74) is 1.53. The highest BCUT2D eigenvalue weighted by Gasteiger charge is 2.23. The molecule has 0 spiro atoms. The summed E-state index contributed by atoms with van der Waals surface area (Å²) < 4.78 is 0. The minimum Gasteiger partial charge on any atom is -0.342 e. The predicted octanol–water partition coefficient (Wildman–Crippen LogP) is 1.02. The zero-order valence-corrected chi connectivity index (χ0v) is 13.4. The van der Waals surface area contributed by atoms with E-state index in [1.165, 1.54) is 11.8 Å². The molecule has 1 fully saturated rings. The van der Waals surface area contributed by atoms with Crippen LogP contribution in [0.3, 0.4) is 0 Å². The van der Waals surface area contributed by atoms with E-state index in [0.717, 1.165) is 32.4 Å². The Balaban J connectivity index is 1.41. The quantitative estimate of drug-likeness (QED) is 0.857. The average molecular weight is 327 g/mol. The van der Waals surface area contributed by atoms with Gasteiger partial charge in [0.05, 0.1) is 12.7 Å². The van der Waals surface area contributed by atoms with Crippen LogP contribution in [0.25, 0.3) is 0 Å². The molecule has 0 bridgehead atoms. The van der Waals surface area contributed by atoms with E-state index in [-0.39, 0.29) is 18.1 Å². The third-order valence-corrected chi connectivity index (χ3v) is 4.38. The zero-order chi connectivity index (χ0) is 16.8. The van der Waals surface area contributed by atoms with Gasteiger partial charge in [0.25, 0.3) is 5.91 Å². The molecule has 7 heteroatoms. The van der Waals surface area contributed by atoms with Gasteiger partial charge in [-0.1, -0.05) is 30.3 Å². The van der Waals surface area contributed by atoms with E-state index >= 15 is 0 Å². The van der Waals surface area contributed by atoms with Crippen LogP contribution in [0.15, 0.2) is 36.5 Å². The lowest BCUT2D eigenvalue weighted by Crippen LogP contribution is -2.44. The van der Waals surface area contributed by atoms with Crippen LogP contribution >= 0.6 is 0 Å². The number of hydrogen-bond acceptors (Lipinski definition) is 4. The van der Waals surface area contributed by atoms with Crippen molar-refractivity contribution >= 4 is 11.8 Å². The Labute approximate surface area is 140 Å². The maximum absolute atomic E-state index is 12.2. The molecule has 0 unspecified atom stereocenters. The zero-order valence-electron chi connectivity index (χ0n) is 13.4. The molecule has 126 valence electrons. The van der Waals surface area contributed by atoms with E-state index < -0.39 is 5.91 Å². The highest BCUT2D eigenvalue weighted by molar-refractivity contribution is 5.94. The number of hydrogen-bond donors (Lipinski definition) is 2. The summed E-state index contributed by atoms with van der Waals surface area (Å²) in [6.07, 6.45) is 4.39. The second-order valence-electron chi connectivity index (χ2n) is 6.05. The molecule has 2 N–H and O–H groups in total. The number of benzene rings is 1. The third-order valence-electron chi connectivity index (χ3n) is 4.38. The van der Waals surface area contributed by atoms with E-state index in [0.29, 0.717) is 5.92 Å². The van der Waals surface area contributed by atoms with E-state index in [4.69, 9.17) is 0 Å².